The minimum atomic E-state index is -0.952. The molecule has 2 aromatic carbocycles. The Labute approximate surface area is 138 Å². The Balaban J connectivity index is 1.78. The van der Waals surface area contributed by atoms with Gasteiger partial charge in [0.25, 0.3) is 0 Å². The van der Waals surface area contributed by atoms with Gasteiger partial charge in [0.05, 0.1) is 6.20 Å². The maximum Gasteiger partial charge on any atom is 0.249 e. The van der Waals surface area contributed by atoms with E-state index in [0.29, 0.717) is 11.5 Å². The first kappa shape index (κ1) is 15.3. The van der Waals surface area contributed by atoms with E-state index < -0.39 is 11.6 Å². The number of rotatable bonds is 4. The van der Waals surface area contributed by atoms with Crippen LogP contribution in [0.15, 0.2) is 53.1 Å². The molecule has 0 amide bonds. The number of hydrogen-bond acceptors (Lipinski definition) is 5. The fourth-order valence-electron chi connectivity index (χ4n) is 1.83. The maximum atomic E-state index is 13.2. The Morgan fingerprint density at radius 3 is 2.52 bits per heavy atom. The molecular weight excluding hydrogens is 368 g/mol. The molecule has 1 heterocycles. The summed E-state index contributed by atoms with van der Waals surface area (Å²) in [7, 11) is 0. The zero-order valence-electron chi connectivity index (χ0n) is 11.6. The van der Waals surface area contributed by atoms with Crippen LogP contribution in [-0.4, -0.2) is 15.2 Å². The second-order valence-corrected chi connectivity index (χ2v) is 5.47. The first-order valence-corrected chi connectivity index (χ1v) is 7.34. The molecule has 2 N–H and O–H groups in total. The van der Waals surface area contributed by atoms with E-state index in [1.807, 2.05) is 24.3 Å². The Hall–Kier alpha value is -2.61. The molecule has 0 bridgehead atoms. The van der Waals surface area contributed by atoms with E-state index in [1.54, 1.807) is 0 Å². The SMILES string of the molecule is Fc1ccc(Nc2nncc(Nc3cccc(Br)c3)n2)cc1F. The molecule has 0 atom stereocenters. The highest BCUT2D eigenvalue weighted by atomic mass is 79.9. The lowest BCUT2D eigenvalue weighted by Crippen LogP contribution is -2.02. The maximum absolute atomic E-state index is 13.2. The second kappa shape index (κ2) is 6.66. The molecule has 116 valence electrons. The highest BCUT2D eigenvalue weighted by Gasteiger charge is 2.06. The van der Waals surface area contributed by atoms with Crippen LogP contribution in [0.25, 0.3) is 0 Å². The molecule has 0 aliphatic heterocycles. The van der Waals surface area contributed by atoms with E-state index in [4.69, 9.17) is 0 Å². The van der Waals surface area contributed by atoms with Crippen molar-refractivity contribution < 1.29 is 8.78 Å². The van der Waals surface area contributed by atoms with Gasteiger partial charge in [0.15, 0.2) is 17.5 Å². The molecule has 5 nitrogen and oxygen atoms in total. The summed E-state index contributed by atoms with van der Waals surface area (Å²) in [6.07, 6.45) is 1.46. The lowest BCUT2D eigenvalue weighted by atomic mass is 10.3. The van der Waals surface area contributed by atoms with E-state index in [0.717, 1.165) is 22.3 Å². The van der Waals surface area contributed by atoms with Crippen LogP contribution < -0.4 is 10.6 Å². The molecule has 3 aromatic rings. The van der Waals surface area contributed by atoms with E-state index in [2.05, 4.69) is 41.7 Å². The van der Waals surface area contributed by atoms with Gasteiger partial charge in [0.1, 0.15) is 0 Å². The topological polar surface area (TPSA) is 62.7 Å². The molecule has 0 saturated heterocycles. The molecule has 0 spiro atoms. The largest absolute Gasteiger partial charge is 0.339 e. The van der Waals surface area contributed by atoms with E-state index in [9.17, 15) is 8.78 Å². The highest BCUT2D eigenvalue weighted by Crippen LogP contribution is 2.20. The van der Waals surface area contributed by atoms with Gasteiger partial charge in [-0.25, -0.2) is 8.78 Å². The van der Waals surface area contributed by atoms with E-state index in [1.165, 1.54) is 12.3 Å². The molecule has 0 radical (unpaired) electrons. The smallest absolute Gasteiger partial charge is 0.249 e. The number of nitrogens with one attached hydrogen (secondary N) is 2. The average molecular weight is 378 g/mol. The second-order valence-electron chi connectivity index (χ2n) is 4.55. The molecule has 23 heavy (non-hydrogen) atoms. The average Bonchev–Trinajstić information content (AvgIpc) is 2.51. The third kappa shape index (κ3) is 3.98. The van der Waals surface area contributed by atoms with Crippen molar-refractivity contribution in [1.29, 1.82) is 0 Å². The number of aromatic nitrogens is 3. The van der Waals surface area contributed by atoms with E-state index >= 15 is 0 Å². The molecule has 0 unspecified atom stereocenters. The van der Waals surface area contributed by atoms with Gasteiger partial charge in [-0.1, -0.05) is 22.0 Å². The number of benzene rings is 2. The van der Waals surface area contributed by atoms with Crippen LogP contribution in [0, 0.1) is 11.6 Å². The first-order valence-electron chi connectivity index (χ1n) is 6.54. The molecule has 0 aliphatic rings. The van der Waals surface area contributed by atoms with Crippen LogP contribution in [0.1, 0.15) is 0 Å². The number of hydrogen-bond donors (Lipinski definition) is 2. The third-order valence-corrected chi connectivity index (χ3v) is 3.32. The summed E-state index contributed by atoms with van der Waals surface area (Å²) < 4.78 is 27.0. The molecule has 0 fully saturated rings. The summed E-state index contributed by atoms with van der Waals surface area (Å²) in [5.74, 6) is -1.25. The van der Waals surface area contributed by atoms with Gasteiger partial charge in [-0.3, -0.25) is 0 Å². The van der Waals surface area contributed by atoms with Crippen LogP contribution in [0.2, 0.25) is 0 Å². The van der Waals surface area contributed by atoms with Gasteiger partial charge in [-0.15, -0.1) is 5.10 Å². The number of nitrogens with zero attached hydrogens (tertiary/aromatic N) is 3. The zero-order chi connectivity index (χ0) is 16.2. The summed E-state index contributed by atoms with van der Waals surface area (Å²) in [5.41, 5.74) is 1.14. The fourth-order valence-corrected chi connectivity index (χ4v) is 2.23. The van der Waals surface area contributed by atoms with Crippen LogP contribution in [0.5, 0.6) is 0 Å². The van der Waals surface area contributed by atoms with Crippen molar-refractivity contribution in [2.45, 2.75) is 0 Å². The highest BCUT2D eigenvalue weighted by molar-refractivity contribution is 9.10. The Kier molecular flexibility index (Phi) is 4.42. The van der Waals surface area contributed by atoms with Crippen LogP contribution in [0.3, 0.4) is 0 Å². The molecule has 8 heteroatoms. The lowest BCUT2D eigenvalue weighted by Gasteiger charge is -2.08. The van der Waals surface area contributed by atoms with Crippen molar-refractivity contribution in [3.05, 3.63) is 64.8 Å². The zero-order valence-corrected chi connectivity index (χ0v) is 13.2. The standard InChI is InChI=1S/C15H10BrF2N5/c16-9-2-1-3-10(6-9)20-14-8-19-23-15(22-14)21-11-4-5-12(17)13(18)7-11/h1-8H,(H2,20,21,22,23). The molecule has 0 aliphatic carbocycles. The fraction of sp³-hybridized carbons (Fsp3) is 0. The normalized spacial score (nSPS) is 10.4. The molecular formula is C15H10BrF2N5. The van der Waals surface area contributed by atoms with Gasteiger partial charge in [0, 0.05) is 21.9 Å². The van der Waals surface area contributed by atoms with Crippen molar-refractivity contribution in [2.24, 2.45) is 0 Å². The summed E-state index contributed by atoms with van der Waals surface area (Å²) >= 11 is 3.38. The van der Waals surface area contributed by atoms with Gasteiger partial charge in [0.2, 0.25) is 5.95 Å². The summed E-state index contributed by atoms with van der Waals surface area (Å²) in [4.78, 5) is 4.22. The minimum Gasteiger partial charge on any atom is -0.339 e. The summed E-state index contributed by atoms with van der Waals surface area (Å²) in [5, 5.41) is 13.5. The van der Waals surface area contributed by atoms with Crippen LogP contribution in [-0.2, 0) is 0 Å². The van der Waals surface area contributed by atoms with Crippen molar-refractivity contribution in [2.75, 3.05) is 10.6 Å². The van der Waals surface area contributed by atoms with Crippen molar-refractivity contribution in [3.8, 4) is 0 Å². The van der Waals surface area contributed by atoms with Crippen molar-refractivity contribution in [3.63, 3.8) is 0 Å². The Bertz CT molecular complexity index is 844. The van der Waals surface area contributed by atoms with E-state index in [-0.39, 0.29) is 5.95 Å². The van der Waals surface area contributed by atoms with Gasteiger partial charge < -0.3 is 10.6 Å². The Morgan fingerprint density at radius 2 is 1.74 bits per heavy atom. The van der Waals surface area contributed by atoms with Crippen LogP contribution in [0.4, 0.5) is 31.9 Å². The number of anilines is 4. The van der Waals surface area contributed by atoms with Crippen molar-refractivity contribution in [1.82, 2.24) is 15.2 Å². The predicted octanol–water partition coefficient (Wildman–Crippen LogP) is 4.40. The lowest BCUT2D eigenvalue weighted by molar-refractivity contribution is 0.509. The molecule has 3 rings (SSSR count). The van der Waals surface area contributed by atoms with Gasteiger partial charge in [-0.2, -0.15) is 10.1 Å². The number of halogens is 3. The molecule has 1 aromatic heterocycles. The monoisotopic (exact) mass is 377 g/mol. The van der Waals surface area contributed by atoms with Crippen molar-refractivity contribution >= 4 is 39.1 Å². The summed E-state index contributed by atoms with van der Waals surface area (Å²) in [6.45, 7) is 0. The third-order valence-electron chi connectivity index (χ3n) is 2.83. The minimum absolute atomic E-state index is 0.163. The van der Waals surface area contributed by atoms with Gasteiger partial charge in [-0.05, 0) is 30.3 Å². The quantitative estimate of drug-likeness (QED) is 0.705. The Morgan fingerprint density at radius 1 is 0.913 bits per heavy atom. The summed E-state index contributed by atoms with van der Waals surface area (Å²) in [6, 6.07) is 11.0. The van der Waals surface area contributed by atoms with Crippen LogP contribution >= 0.6 is 15.9 Å². The molecule has 0 saturated carbocycles. The predicted molar refractivity (Wildman–Crippen MR) is 86.9 cm³/mol. The first-order chi connectivity index (χ1) is 11.1. The van der Waals surface area contributed by atoms with Gasteiger partial charge >= 0.3 is 0 Å².